The zero-order chi connectivity index (χ0) is 17.3. The highest BCUT2D eigenvalue weighted by Gasteiger charge is 2.15. The Morgan fingerprint density at radius 2 is 1.83 bits per heavy atom. The minimum Gasteiger partial charge on any atom is -0.494 e. The fourth-order valence-corrected chi connectivity index (χ4v) is 2.09. The maximum Gasteiger partial charge on any atom is 0.306 e. The number of carbonyl (C=O) groups is 1. The van der Waals surface area contributed by atoms with Gasteiger partial charge in [0.25, 0.3) is 0 Å². The summed E-state index contributed by atoms with van der Waals surface area (Å²) in [5.74, 6) is 1.26. The quantitative estimate of drug-likeness (QED) is 0.423. The van der Waals surface area contributed by atoms with Gasteiger partial charge >= 0.3 is 5.97 Å². The van der Waals surface area contributed by atoms with Crippen LogP contribution in [0.4, 0.5) is 5.69 Å². The highest BCUT2D eigenvalue weighted by atomic mass is 16.6. The molecule has 5 heteroatoms. The molecule has 0 bridgehead atoms. The molecule has 1 rings (SSSR count). The van der Waals surface area contributed by atoms with Crippen LogP contribution < -0.4 is 15.2 Å². The number of esters is 1. The average molecular weight is 323 g/mol. The molecule has 0 radical (unpaired) electrons. The molecule has 0 atom stereocenters. The van der Waals surface area contributed by atoms with Crippen LogP contribution >= 0.6 is 0 Å². The van der Waals surface area contributed by atoms with Gasteiger partial charge in [-0.1, -0.05) is 12.8 Å². The van der Waals surface area contributed by atoms with E-state index >= 15 is 0 Å². The molecule has 1 aromatic carbocycles. The molecule has 0 saturated carbocycles. The number of rotatable bonds is 9. The minimum atomic E-state index is -0.398. The predicted octanol–water partition coefficient (Wildman–Crippen LogP) is 3.95. The van der Waals surface area contributed by atoms with Crippen molar-refractivity contribution in [2.24, 2.45) is 0 Å². The van der Waals surface area contributed by atoms with Gasteiger partial charge in [0.1, 0.15) is 17.1 Å². The molecular weight excluding hydrogens is 294 g/mol. The third kappa shape index (κ3) is 8.33. The number of carbonyl (C=O) groups excluding carboxylic acids is 1. The number of benzene rings is 1. The molecular formula is C18H29NO4. The molecule has 0 spiro atoms. The highest BCUT2D eigenvalue weighted by Crippen LogP contribution is 2.26. The second-order valence-electron chi connectivity index (χ2n) is 6.50. The van der Waals surface area contributed by atoms with E-state index in [9.17, 15) is 4.79 Å². The van der Waals surface area contributed by atoms with Gasteiger partial charge in [-0.3, -0.25) is 4.79 Å². The van der Waals surface area contributed by atoms with Crippen LogP contribution in [0.2, 0.25) is 0 Å². The van der Waals surface area contributed by atoms with Crippen LogP contribution in [0.5, 0.6) is 11.5 Å². The summed E-state index contributed by atoms with van der Waals surface area (Å²) in [6.07, 6.45) is 4.29. The summed E-state index contributed by atoms with van der Waals surface area (Å²) in [5, 5.41) is 0. The maximum absolute atomic E-state index is 11.6. The van der Waals surface area contributed by atoms with Crippen molar-refractivity contribution < 1.29 is 19.0 Å². The van der Waals surface area contributed by atoms with E-state index in [2.05, 4.69) is 0 Å². The molecule has 23 heavy (non-hydrogen) atoms. The summed E-state index contributed by atoms with van der Waals surface area (Å²) in [7, 11) is 1.58. The zero-order valence-electron chi connectivity index (χ0n) is 14.7. The van der Waals surface area contributed by atoms with Crippen molar-refractivity contribution in [1.82, 2.24) is 0 Å². The van der Waals surface area contributed by atoms with Crippen LogP contribution in [0.3, 0.4) is 0 Å². The van der Waals surface area contributed by atoms with Gasteiger partial charge in [-0.15, -0.1) is 0 Å². The van der Waals surface area contributed by atoms with Crippen LogP contribution in [0, 0.1) is 0 Å². The van der Waals surface area contributed by atoms with Crippen molar-refractivity contribution in [2.75, 3.05) is 19.5 Å². The van der Waals surface area contributed by atoms with Crippen LogP contribution in [-0.2, 0) is 9.53 Å². The second-order valence-corrected chi connectivity index (χ2v) is 6.50. The fraction of sp³-hybridized carbons (Fsp3) is 0.611. The average Bonchev–Trinajstić information content (AvgIpc) is 2.46. The van der Waals surface area contributed by atoms with E-state index in [1.807, 2.05) is 26.8 Å². The topological polar surface area (TPSA) is 70.8 Å². The summed E-state index contributed by atoms with van der Waals surface area (Å²) in [6.45, 7) is 6.29. The number of hydrogen-bond acceptors (Lipinski definition) is 5. The standard InChI is InChI=1S/C18H29NO4/c1-18(2,3)23-17(20)9-7-5-6-8-12-22-14-10-11-15(19)16(13-14)21-4/h10-11,13H,5-9,12,19H2,1-4H3. The van der Waals surface area contributed by atoms with Gasteiger partial charge in [-0.05, 0) is 45.7 Å². The number of anilines is 1. The Hall–Kier alpha value is -1.91. The number of nitrogens with two attached hydrogens (primary N) is 1. The predicted molar refractivity (Wildman–Crippen MR) is 91.8 cm³/mol. The lowest BCUT2D eigenvalue weighted by Gasteiger charge is -2.19. The number of unbranched alkanes of at least 4 members (excludes halogenated alkanes) is 3. The first-order chi connectivity index (χ1) is 10.8. The van der Waals surface area contributed by atoms with Gasteiger partial charge < -0.3 is 19.9 Å². The molecule has 0 aromatic heterocycles. The van der Waals surface area contributed by atoms with Crippen molar-refractivity contribution in [3.05, 3.63) is 18.2 Å². The summed E-state index contributed by atoms with van der Waals surface area (Å²) in [6, 6.07) is 5.40. The van der Waals surface area contributed by atoms with Gasteiger partial charge in [-0.25, -0.2) is 0 Å². The van der Waals surface area contributed by atoms with Crippen molar-refractivity contribution in [3.63, 3.8) is 0 Å². The van der Waals surface area contributed by atoms with Crippen molar-refractivity contribution in [2.45, 2.75) is 58.5 Å². The van der Waals surface area contributed by atoms with Crippen molar-refractivity contribution in [1.29, 1.82) is 0 Å². The van der Waals surface area contributed by atoms with Crippen molar-refractivity contribution >= 4 is 11.7 Å². The van der Waals surface area contributed by atoms with Crippen LogP contribution in [0.25, 0.3) is 0 Å². The monoisotopic (exact) mass is 323 g/mol. The molecule has 0 aliphatic heterocycles. The number of methoxy groups -OCH3 is 1. The molecule has 0 aliphatic carbocycles. The van der Waals surface area contributed by atoms with E-state index in [0.717, 1.165) is 31.4 Å². The van der Waals surface area contributed by atoms with Gasteiger partial charge in [0, 0.05) is 12.5 Å². The lowest BCUT2D eigenvalue weighted by molar-refractivity contribution is -0.154. The van der Waals surface area contributed by atoms with E-state index in [1.165, 1.54) is 0 Å². The summed E-state index contributed by atoms with van der Waals surface area (Å²) in [5.41, 5.74) is 5.96. The third-order valence-corrected chi connectivity index (χ3v) is 3.17. The normalized spacial score (nSPS) is 11.1. The van der Waals surface area contributed by atoms with Gasteiger partial charge in [-0.2, -0.15) is 0 Å². The SMILES string of the molecule is COc1cc(OCCCCCCC(=O)OC(C)(C)C)ccc1N. The van der Waals surface area contributed by atoms with E-state index in [0.29, 0.717) is 24.5 Å². The summed E-state index contributed by atoms with van der Waals surface area (Å²) in [4.78, 5) is 11.6. The number of hydrogen-bond donors (Lipinski definition) is 1. The number of ether oxygens (including phenoxy) is 3. The van der Waals surface area contributed by atoms with E-state index < -0.39 is 5.60 Å². The lowest BCUT2D eigenvalue weighted by Crippen LogP contribution is -2.23. The molecule has 130 valence electrons. The van der Waals surface area contributed by atoms with Crippen molar-refractivity contribution in [3.8, 4) is 11.5 Å². The zero-order valence-corrected chi connectivity index (χ0v) is 14.7. The fourth-order valence-electron chi connectivity index (χ4n) is 2.09. The molecule has 0 heterocycles. The van der Waals surface area contributed by atoms with Crippen LogP contribution in [0.1, 0.15) is 52.9 Å². The minimum absolute atomic E-state index is 0.122. The molecule has 0 amide bonds. The Labute approximate surface area is 139 Å². The maximum atomic E-state index is 11.6. The second kappa shape index (κ2) is 9.28. The third-order valence-electron chi connectivity index (χ3n) is 3.17. The molecule has 5 nitrogen and oxygen atoms in total. The van der Waals surface area contributed by atoms with Gasteiger partial charge in [0.15, 0.2) is 0 Å². The van der Waals surface area contributed by atoms with E-state index in [4.69, 9.17) is 19.9 Å². The molecule has 2 N–H and O–H groups in total. The lowest BCUT2D eigenvalue weighted by atomic mass is 10.1. The Balaban J connectivity index is 2.11. The Morgan fingerprint density at radius 3 is 2.48 bits per heavy atom. The number of nitrogen functional groups attached to an aromatic ring is 1. The molecule has 0 unspecified atom stereocenters. The first-order valence-corrected chi connectivity index (χ1v) is 8.10. The first kappa shape index (κ1) is 19.1. The summed E-state index contributed by atoms with van der Waals surface area (Å²) >= 11 is 0. The highest BCUT2D eigenvalue weighted by molar-refractivity contribution is 5.69. The van der Waals surface area contributed by atoms with Crippen LogP contribution in [0.15, 0.2) is 18.2 Å². The largest absolute Gasteiger partial charge is 0.494 e. The van der Waals surface area contributed by atoms with E-state index in [-0.39, 0.29) is 5.97 Å². The van der Waals surface area contributed by atoms with Crippen LogP contribution in [-0.4, -0.2) is 25.3 Å². The Bertz CT molecular complexity index is 494. The van der Waals surface area contributed by atoms with Gasteiger partial charge in [0.2, 0.25) is 0 Å². The first-order valence-electron chi connectivity index (χ1n) is 8.10. The van der Waals surface area contributed by atoms with E-state index in [1.54, 1.807) is 19.2 Å². The Morgan fingerprint density at radius 1 is 1.13 bits per heavy atom. The molecule has 0 aliphatic rings. The molecule has 0 saturated heterocycles. The van der Waals surface area contributed by atoms with Gasteiger partial charge in [0.05, 0.1) is 19.4 Å². The summed E-state index contributed by atoms with van der Waals surface area (Å²) < 4.78 is 16.1. The smallest absolute Gasteiger partial charge is 0.306 e. The molecule has 0 fully saturated rings. The Kier molecular flexibility index (Phi) is 7.72. The molecule has 1 aromatic rings.